The van der Waals surface area contributed by atoms with Gasteiger partial charge in [-0.25, -0.2) is 18.2 Å². The number of allylic oxidation sites excluding steroid dienone is 1. The molecule has 0 bridgehead atoms. The molecule has 0 saturated carbocycles. The summed E-state index contributed by atoms with van der Waals surface area (Å²) in [4.78, 5) is 19.6. The Morgan fingerprint density at radius 3 is 2.55 bits per heavy atom. The fourth-order valence-electron chi connectivity index (χ4n) is 3.31. The van der Waals surface area contributed by atoms with Crippen molar-refractivity contribution in [3.05, 3.63) is 65.7 Å². The summed E-state index contributed by atoms with van der Waals surface area (Å²) in [6, 6.07) is 14.3. The van der Waals surface area contributed by atoms with Crippen molar-refractivity contribution < 1.29 is 27.8 Å². The van der Waals surface area contributed by atoms with Crippen molar-refractivity contribution in [2.24, 2.45) is 0 Å². The summed E-state index contributed by atoms with van der Waals surface area (Å²) in [5.41, 5.74) is 1.27. The lowest BCUT2D eigenvalue weighted by molar-refractivity contribution is 0.0502. The largest absolute Gasteiger partial charge is 0.507 e. The molecule has 4 rings (SSSR count). The first kappa shape index (κ1) is 22.5. The van der Waals surface area contributed by atoms with Gasteiger partial charge in [0.1, 0.15) is 18.2 Å². The normalized spacial score (nSPS) is 15.6. The van der Waals surface area contributed by atoms with Crippen molar-refractivity contribution in [3.8, 4) is 6.07 Å². The topological polar surface area (TPSA) is 146 Å². The smallest absolute Gasteiger partial charge is 0.338 e. The minimum atomic E-state index is -3.68. The van der Waals surface area contributed by atoms with Crippen LogP contribution >= 0.6 is 0 Å². The van der Waals surface area contributed by atoms with E-state index >= 15 is 0 Å². The van der Waals surface area contributed by atoms with E-state index in [0.717, 1.165) is 0 Å². The molecule has 11 heteroatoms. The maximum absolute atomic E-state index is 12.7. The molecule has 1 aliphatic heterocycles. The number of sulfonamides is 1. The van der Waals surface area contributed by atoms with Gasteiger partial charge in [0.2, 0.25) is 10.0 Å². The number of carbonyl (C=O) groups is 1. The van der Waals surface area contributed by atoms with Gasteiger partial charge in [0.15, 0.2) is 11.6 Å². The van der Waals surface area contributed by atoms with Crippen LogP contribution < -0.4 is 0 Å². The summed E-state index contributed by atoms with van der Waals surface area (Å²) in [5.74, 6) is -1.08. The summed E-state index contributed by atoms with van der Waals surface area (Å²) in [5, 5.41) is 19.7. The van der Waals surface area contributed by atoms with Crippen molar-refractivity contribution in [2.75, 3.05) is 32.9 Å². The SMILES string of the molecule is N#C/C(=C(/O)COC(=O)c1ccc(S(=O)(=O)N2CCOCC2)cc1)c1nc2ccccc2[nH]1. The molecule has 1 fully saturated rings. The molecule has 0 spiro atoms. The Morgan fingerprint density at radius 2 is 1.88 bits per heavy atom. The van der Waals surface area contributed by atoms with Gasteiger partial charge in [-0.15, -0.1) is 0 Å². The number of nitrogens with zero attached hydrogens (tertiary/aromatic N) is 3. The quantitative estimate of drug-likeness (QED) is 0.318. The monoisotopic (exact) mass is 468 g/mol. The zero-order valence-corrected chi connectivity index (χ0v) is 18.2. The Bertz CT molecular complexity index is 1320. The Kier molecular flexibility index (Phi) is 6.41. The second-order valence-electron chi connectivity index (χ2n) is 7.15. The van der Waals surface area contributed by atoms with Crippen LogP contribution in [0, 0.1) is 11.3 Å². The van der Waals surface area contributed by atoms with E-state index < -0.39 is 28.4 Å². The molecule has 2 aromatic carbocycles. The number of ether oxygens (including phenoxy) is 2. The lowest BCUT2D eigenvalue weighted by atomic mass is 10.2. The first-order valence-electron chi connectivity index (χ1n) is 10.0. The van der Waals surface area contributed by atoms with Crippen LogP contribution in [0.2, 0.25) is 0 Å². The van der Waals surface area contributed by atoms with Crippen LogP contribution in [0.3, 0.4) is 0 Å². The minimum absolute atomic E-state index is 0.0559. The second-order valence-corrected chi connectivity index (χ2v) is 9.09. The molecule has 170 valence electrons. The zero-order valence-electron chi connectivity index (χ0n) is 17.4. The standard InChI is InChI=1S/C22H20N4O6S/c23-13-17(21-24-18-3-1-2-4-19(18)25-21)20(27)14-32-22(28)15-5-7-16(8-6-15)33(29,30)26-9-11-31-12-10-26/h1-8,27H,9-12,14H2,(H,24,25)/b20-17-. The number of aliphatic hydroxyl groups excluding tert-OH is 1. The lowest BCUT2D eigenvalue weighted by Crippen LogP contribution is -2.40. The van der Waals surface area contributed by atoms with Crippen LogP contribution in [0.4, 0.5) is 0 Å². The molecule has 0 unspecified atom stereocenters. The number of carbonyl (C=O) groups excluding carboxylic acids is 1. The maximum atomic E-state index is 12.7. The Labute approximate surface area is 189 Å². The summed E-state index contributed by atoms with van der Waals surface area (Å²) >= 11 is 0. The number of aliphatic hydroxyl groups is 1. The van der Waals surface area contributed by atoms with Crippen LogP contribution in [-0.4, -0.2) is 66.7 Å². The summed E-state index contributed by atoms with van der Waals surface area (Å²) in [7, 11) is -3.68. The number of H-pyrrole nitrogens is 1. The molecule has 0 aliphatic carbocycles. The van der Waals surface area contributed by atoms with Gasteiger partial charge < -0.3 is 19.6 Å². The van der Waals surface area contributed by atoms with Gasteiger partial charge in [-0.3, -0.25) is 0 Å². The van der Waals surface area contributed by atoms with Crippen LogP contribution in [-0.2, 0) is 19.5 Å². The molecule has 1 aromatic heterocycles. The zero-order chi connectivity index (χ0) is 23.4. The average molecular weight is 468 g/mol. The Morgan fingerprint density at radius 1 is 1.18 bits per heavy atom. The molecule has 10 nitrogen and oxygen atoms in total. The van der Waals surface area contributed by atoms with E-state index in [2.05, 4.69) is 9.97 Å². The number of para-hydroxylation sites is 2. The number of aromatic amines is 1. The van der Waals surface area contributed by atoms with E-state index in [-0.39, 0.29) is 34.9 Å². The van der Waals surface area contributed by atoms with Crippen molar-refractivity contribution in [1.82, 2.24) is 14.3 Å². The number of hydrogen-bond donors (Lipinski definition) is 2. The first-order valence-corrected chi connectivity index (χ1v) is 11.5. The number of esters is 1. The molecule has 0 radical (unpaired) electrons. The fraction of sp³-hybridized carbons (Fsp3) is 0.227. The fourth-order valence-corrected chi connectivity index (χ4v) is 4.72. The number of nitriles is 1. The molecular weight excluding hydrogens is 448 g/mol. The Balaban J connectivity index is 1.45. The molecule has 0 atom stereocenters. The summed E-state index contributed by atoms with van der Waals surface area (Å²) < 4.78 is 36.9. The van der Waals surface area contributed by atoms with Gasteiger partial charge in [-0.1, -0.05) is 12.1 Å². The van der Waals surface area contributed by atoms with Gasteiger partial charge in [-0.05, 0) is 36.4 Å². The van der Waals surface area contributed by atoms with E-state index in [1.165, 1.54) is 28.6 Å². The molecular formula is C22H20N4O6S. The Hall–Kier alpha value is -3.72. The number of benzene rings is 2. The summed E-state index contributed by atoms with van der Waals surface area (Å²) in [6.45, 7) is 0.653. The molecule has 2 N–H and O–H groups in total. The van der Waals surface area contributed by atoms with Gasteiger partial charge in [0.05, 0.1) is 34.7 Å². The number of imidazole rings is 1. The third-order valence-electron chi connectivity index (χ3n) is 5.06. The van der Waals surface area contributed by atoms with Crippen LogP contribution in [0.25, 0.3) is 16.6 Å². The average Bonchev–Trinajstić information content (AvgIpc) is 3.27. The predicted molar refractivity (Wildman–Crippen MR) is 118 cm³/mol. The molecule has 33 heavy (non-hydrogen) atoms. The van der Waals surface area contributed by atoms with E-state index in [9.17, 15) is 23.6 Å². The van der Waals surface area contributed by atoms with Crippen molar-refractivity contribution in [2.45, 2.75) is 4.90 Å². The number of aromatic nitrogens is 2. The van der Waals surface area contributed by atoms with E-state index in [0.29, 0.717) is 24.2 Å². The molecule has 1 aliphatic rings. The van der Waals surface area contributed by atoms with E-state index in [4.69, 9.17) is 9.47 Å². The number of rotatable bonds is 6. The highest BCUT2D eigenvalue weighted by atomic mass is 32.2. The van der Waals surface area contributed by atoms with Crippen LogP contribution in [0.1, 0.15) is 16.2 Å². The number of nitrogens with one attached hydrogen (secondary N) is 1. The predicted octanol–water partition coefficient (Wildman–Crippen LogP) is 2.23. The molecule has 3 aromatic rings. The van der Waals surface area contributed by atoms with Crippen molar-refractivity contribution in [3.63, 3.8) is 0 Å². The third kappa shape index (κ3) is 4.73. The highest BCUT2D eigenvalue weighted by Crippen LogP contribution is 2.20. The lowest BCUT2D eigenvalue weighted by Gasteiger charge is -2.26. The highest BCUT2D eigenvalue weighted by molar-refractivity contribution is 7.89. The number of hydrogen-bond acceptors (Lipinski definition) is 8. The first-order chi connectivity index (χ1) is 15.9. The molecule has 1 saturated heterocycles. The van der Waals surface area contributed by atoms with Gasteiger partial charge in [0.25, 0.3) is 0 Å². The highest BCUT2D eigenvalue weighted by Gasteiger charge is 2.26. The van der Waals surface area contributed by atoms with Gasteiger partial charge in [-0.2, -0.15) is 9.57 Å². The van der Waals surface area contributed by atoms with Crippen LogP contribution in [0.5, 0.6) is 0 Å². The summed E-state index contributed by atoms with van der Waals surface area (Å²) in [6.07, 6.45) is 0. The van der Waals surface area contributed by atoms with Gasteiger partial charge in [0, 0.05) is 13.1 Å². The van der Waals surface area contributed by atoms with Crippen molar-refractivity contribution >= 4 is 32.6 Å². The van der Waals surface area contributed by atoms with Gasteiger partial charge >= 0.3 is 5.97 Å². The number of fused-ring (bicyclic) bond motifs is 1. The minimum Gasteiger partial charge on any atom is -0.507 e. The van der Waals surface area contributed by atoms with E-state index in [1.54, 1.807) is 24.3 Å². The molecule has 0 amide bonds. The maximum Gasteiger partial charge on any atom is 0.338 e. The third-order valence-corrected chi connectivity index (χ3v) is 6.98. The molecule has 2 heterocycles. The second kappa shape index (κ2) is 9.41. The van der Waals surface area contributed by atoms with E-state index in [1.807, 2.05) is 6.07 Å². The van der Waals surface area contributed by atoms with Crippen molar-refractivity contribution in [1.29, 1.82) is 5.26 Å². The van der Waals surface area contributed by atoms with Crippen LogP contribution in [0.15, 0.2) is 59.2 Å². The number of morpholine rings is 1.